The molecule has 1 aromatic heterocycles. The summed E-state index contributed by atoms with van der Waals surface area (Å²) in [5, 5.41) is 10.7. The van der Waals surface area contributed by atoms with E-state index >= 15 is 0 Å². The van der Waals surface area contributed by atoms with Crippen LogP contribution in [-0.4, -0.2) is 28.6 Å². The zero-order valence-electron chi connectivity index (χ0n) is 9.97. The Morgan fingerprint density at radius 1 is 1.47 bits per heavy atom. The fourth-order valence-electron chi connectivity index (χ4n) is 2.02. The Bertz CT molecular complexity index is 346. The fraction of sp³-hybridized carbons (Fsp3) is 0.615. The number of carbonyl (C=O) groups is 1. The Balaban J connectivity index is 1.72. The largest absolute Gasteiger partial charge is 0.481 e. The molecule has 94 valence electrons. The second-order valence-electron chi connectivity index (χ2n) is 4.63. The number of hydrogen-bond donors (Lipinski definition) is 1. The predicted octanol–water partition coefficient (Wildman–Crippen LogP) is 2.97. The number of hydrogen-bond acceptors (Lipinski definition) is 3. The van der Waals surface area contributed by atoms with E-state index in [2.05, 4.69) is 22.4 Å². The van der Waals surface area contributed by atoms with Gasteiger partial charge in [-0.2, -0.15) is 0 Å². The van der Waals surface area contributed by atoms with Crippen LogP contribution in [0.3, 0.4) is 0 Å². The average Bonchev–Trinajstić information content (AvgIpc) is 3.01. The van der Waals surface area contributed by atoms with Crippen LogP contribution >= 0.6 is 11.3 Å². The second kappa shape index (κ2) is 6.17. The van der Waals surface area contributed by atoms with Gasteiger partial charge in [-0.05, 0) is 43.7 Å². The van der Waals surface area contributed by atoms with Crippen molar-refractivity contribution in [3.05, 3.63) is 22.4 Å². The molecule has 1 aliphatic carbocycles. The number of unbranched alkanes of at least 4 members (excludes halogenated alkanes) is 1. The molecule has 1 heterocycles. The lowest BCUT2D eigenvalue weighted by molar-refractivity contribution is -0.137. The van der Waals surface area contributed by atoms with Crippen LogP contribution in [0.2, 0.25) is 0 Å². The monoisotopic (exact) mass is 253 g/mol. The van der Waals surface area contributed by atoms with Crippen LogP contribution < -0.4 is 0 Å². The third-order valence-electron chi connectivity index (χ3n) is 3.09. The van der Waals surface area contributed by atoms with Crippen LogP contribution in [-0.2, 0) is 11.3 Å². The summed E-state index contributed by atoms with van der Waals surface area (Å²) in [7, 11) is 0. The van der Waals surface area contributed by atoms with E-state index in [-0.39, 0.29) is 0 Å². The first-order valence-corrected chi connectivity index (χ1v) is 7.12. The van der Waals surface area contributed by atoms with Crippen molar-refractivity contribution in [2.24, 2.45) is 0 Å². The van der Waals surface area contributed by atoms with Crippen molar-refractivity contribution in [2.75, 3.05) is 6.54 Å². The smallest absolute Gasteiger partial charge is 0.303 e. The molecule has 2 rings (SSSR count). The van der Waals surface area contributed by atoms with Crippen molar-refractivity contribution in [2.45, 2.75) is 44.7 Å². The second-order valence-corrected chi connectivity index (χ2v) is 5.66. The van der Waals surface area contributed by atoms with E-state index in [1.807, 2.05) is 0 Å². The Kier molecular flexibility index (Phi) is 4.57. The van der Waals surface area contributed by atoms with E-state index in [1.54, 1.807) is 11.3 Å². The summed E-state index contributed by atoms with van der Waals surface area (Å²) in [6.07, 6.45) is 4.71. The minimum Gasteiger partial charge on any atom is -0.481 e. The Labute approximate surface area is 106 Å². The van der Waals surface area contributed by atoms with E-state index in [0.717, 1.165) is 32.0 Å². The average molecular weight is 253 g/mol. The van der Waals surface area contributed by atoms with Gasteiger partial charge in [0.05, 0.1) is 0 Å². The van der Waals surface area contributed by atoms with E-state index < -0.39 is 5.97 Å². The van der Waals surface area contributed by atoms with Gasteiger partial charge in [0.15, 0.2) is 0 Å². The number of carboxylic acid groups (broad SMARTS) is 1. The molecule has 0 atom stereocenters. The van der Waals surface area contributed by atoms with Gasteiger partial charge in [0.25, 0.3) is 0 Å². The van der Waals surface area contributed by atoms with E-state index in [1.165, 1.54) is 17.7 Å². The highest BCUT2D eigenvalue weighted by molar-refractivity contribution is 7.09. The number of nitrogens with zero attached hydrogens (tertiary/aromatic N) is 1. The first-order chi connectivity index (χ1) is 8.25. The molecule has 0 bridgehead atoms. The summed E-state index contributed by atoms with van der Waals surface area (Å²) >= 11 is 1.80. The summed E-state index contributed by atoms with van der Waals surface area (Å²) in [4.78, 5) is 14.4. The third-order valence-corrected chi connectivity index (χ3v) is 3.95. The minimum absolute atomic E-state index is 0.303. The maximum Gasteiger partial charge on any atom is 0.303 e. The zero-order chi connectivity index (χ0) is 12.1. The first kappa shape index (κ1) is 12.6. The minimum atomic E-state index is -0.679. The SMILES string of the molecule is O=C(O)CCCCN(Cc1cccs1)C1CC1. The van der Waals surface area contributed by atoms with Crippen LogP contribution in [0.5, 0.6) is 0 Å². The van der Waals surface area contributed by atoms with Gasteiger partial charge in [-0.25, -0.2) is 0 Å². The molecule has 1 N–H and O–H groups in total. The van der Waals surface area contributed by atoms with Gasteiger partial charge >= 0.3 is 5.97 Å². The van der Waals surface area contributed by atoms with Gasteiger partial charge in [-0.1, -0.05) is 6.07 Å². The number of carboxylic acids is 1. The molecule has 3 nitrogen and oxygen atoms in total. The van der Waals surface area contributed by atoms with Crippen molar-refractivity contribution in [3.63, 3.8) is 0 Å². The lowest BCUT2D eigenvalue weighted by Crippen LogP contribution is -2.26. The van der Waals surface area contributed by atoms with E-state index in [9.17, 15) is 4.79 Å². The fourth-order valence-corrected chi connectivity index (χ4v) is 2.75. The lowest BCUT2D eigenvalue weighted by atomic mass is 10.2. The molecule has 0 spiro atoms. The van der Waals surface area contributed by atoms with Gasteiger partial charge in [0.1, 0.15) is 0 Å². The van der Waals surface area contributed by atoms with Gasteiger partial charge in [0, 0.05) is 23.9 Å². The summed E-state index contributed by atoms with van der Waals surface area (Å²) < 4.78 is 0. The Morgan fingerprint density at radius 3 is 2.88 bits per heavy atom. The Hall–Kier alpha value is -0.870. The van der Waals surface area contributed by atoms with Gasteiger partial charge in [0.2, 0.25) is 0 Å². The van der Waals surface area contributed by atoms with Crippen molar-refractivity contribution in [1.29, 1.82) is 0 Å². The molecule has 1 aromatic rings. The van der Waals surface area contributed by atoms with Crippen molar-refractivity contribution in [1.82, 2.24) is 4.90 Å². The van der Waals surface area contributed by atoms with Crippen molar-refractivity contribution < 1.29 is 9.90 Å². The van der Waals surface area contributed by atoms with Crippen LogP contribution in [0.1, 0.15) is 37.0 Å². The normalized spacial score (nSPS) is 15.4. The zero-order valence-corrected chi connectivity index (χ0v) is 10.8. The first-order valence-electron chi connectivity index (χ1n) is 6.24. The number of aliphatic carboxylic acids is 1. The molecule has 0 saturated heterocycles. The summed E-state index contributed by atoms with van der Waals surface area (Å²) in [5.41, 5.74) is 0. The maximum absolute atomic E-state index is 10.4. The molecule has 1 saturated carbocycles. The molecular formula is C13H19NO2S. The van der Waals surface area contributed by atoms with Crippen molar-refractivity contribution in [3.8, 4) is 0 Å². The molecule has 0 aromatic carbocycles. The highest BCUT2D eigenvalue weighted by Gasteiger charge is 2.28. The van der Waals surface area contributed by atoms with Gasteiger partial charge < -0.3 is 5.11 Å². The summed E-state index contributed by atoms with van der Waals surface area (Å²) in [5.74, 6) is -0.679. The molecule has 0 amide bonds. The molecule has 17 heavy (non-hydrogen) atoms. The van der Waals surface area contributed by atoms with Crippen LogP contribution in [0.15, 0.2) is 17.5 Å². The van der Waals surface area contributed by atoms with Crippen LogP contribution in [0.4, 0.5) is 0 Å². The van der Waals surface area contributed by atoms with E-state index in [0.29, 0.717) is 6.42 Å². The summed E-state index contributed by atoms with van der Waals surface area (Å²) in [6.45, 7) is 2.07. The highest BCUT2D eigenvalue weighted by Crippen LogP contribution is 2.29. The molecule has 1 aliphatic rings. The third kappa shape index (κ3) is 4.48. The molecular weight excluding hydrogens is 234 g/mol. The molecule has 0 radical (unpaired) electrons. The molecule has 1 fully saturated rings. The summed E-state index contributed by atoms with van der Waals surface area (Å²) in [6, 6.07) is 5.02. The standard InChI is InChI=1S/C13H19NO2S/c15-13(16)5-1-2-8-14(11-6-7-11)10-12-4-3-9-17-12/h3-4,9,11H,1-2,5-8,10H2,(H,15,16). The van der Waals surface area contributed by atoms with E-state index in [4.69, 9.17) is 5.11 Å². The van der Waals surface area contributed by atoms with Crippen LogP contribution in [0.25, 0.3) is 0 Å². The quantitative estimate of drug-likeness (QED) is 0.724. The highest BCUT2D eigenvalue weighted by atomic mass is 32.1. The Morgan fingerprint density at radius 2 is 2.29 bits per heavy atom. The van der Waals surface area contributed by atoms with Gasteiger partial charge in [-0.15, -0.1) is 11.3 Å². The maximum atomic E-state index is 10.4. The molecule has 0 aliphatic heterocycles. The number of thiophene rings is 1. The molecule has 4 heteroatoms. The predicted molar refractivity (Wildman–Crippen MR) is 69.2 cm³/mol. The number of rotatable bonds is 8. The topological polar surface area (TPSA) is 40.5 Å². The molecule has 0 unspecified atom stereocenters. The van der Waals surface area contributed by atoms with Crippen molar-refractivity contribution >= 4 is 17.3 Å². The van der Waals surface area contributed by atoms with Crippen LogP contribution in [0, 0.1) is 0 Å². The van der Waals surface area contributed by atoms with Gasteiger partial charge in [-0.3, -0.25) is 9.69 Å². The lowest BCUT2D eigenvalue weighted by Gasteiger charge is -2.20.